The number of pyridine rings is 1. The van der Waals surface area contributed by atoms with Crippen LogP contribution in [-0.4, -0.2) is 11.5 Å². The minimum absolute atomic E-state index is 0.529. The van der Waals surface area contributed by atoms with Crippen LogP contribution >= 0.6 is 0 Å². The van der Waals surface area contributed by atoms with Gasteiger partial charge in [0.25, 0.3) is 0 Å². The average molecular weight is 191 g/mol. The monoisotopic (exact) mass is 191 g/mol. The summed E-state index contributed by atoms with van der Waals surface area (Å²) in [5.74, 6) is 1.71. The predicted octanol–water partition coefficient (Wildman–Crippen LogP) is 2.12. The van der Waals surface area contributed by atoms with Crippen molar-refractivity contribution in [2.24, 2.45) is 11.3 Å². The van der Waals surface area contributed by atoms with Crippen molar-refractivity contribution in [2.45, 2.75) is 20.3 Å². The highest BCUT2D eigenvalue weighted by molar-refractivity contribution is 5.43. The molecule has 1 unspecified atom stereocenters. The Morgan fingerprint density at radius 2 is 2.29 bits per heavy atom. The lowest BCUT2D eigenvalue weighted by Crippen LogP contribution is -2.08. The molecule has 1 fully saturated rings. The van der Waals surface area contributed by atoms with Crippen LogP contribution in [0.15, 0.2) is 18.3 Å². The number of nitrogens with zero attached hydrogens (tertiary/aromatic N) is 1. The number of aromatic nitrogens is 1. The van der Waals surface area contributed by atoms with E-state index in [-0.39, 0.29) is 0 Å². The number of rotatable bonds is 3. The normalized spacial score (nSPS) is 23.1. The molecule has 14 heavy (non-hydrogen) atoms. The van der Waals surface area contributed by atoms with Gasteiger partial charge in [0.05, 0.1) is 11.9 Å². The van der Waals surface area contributed by atoms with Gasteiger partial charge >= 0.3 is 0 Å². The van der Waals surface area contributed by atoms with Crippen molar-refractivity contribution in [3.8, 4) is 0 Å². The lowest BCUT2D eigenvalue weighted by molar-refractivity contribution is 0.573. The second-order valence-corrected chi connectivity index (χ2v) is 4.75. The highest BCUT2D eigenvalue weighted by Gasteiger charge is 2.44. The highest BCUT2D eigenvalue weighted by atomic mass is 15.0. The van der Waals surface area contributed by atoms with E-state index in [0.29, 0.717) is 11.1 Å². The van der Waals surface area contributed by atoms with Gasteiger partial charge in [0, 0.05) is 6.54 Å². The van der Waals surface area contributed by atoms with E-state index >= 15 is 0 Å². The summed E-state index contributed by atoms with van der Waals surface area (Å²) in [7, 11) is 0. The molecule has 1 aromatic heterocycles. The van der Waals surface area contributed by atoms with E-state index in [1.165, 1.54) is 6.42 Å². The minimum Gasteiger partial charge on any atom is -0.397 e. The second kappa shape index (κ2) is 3.15. The van der Waals surface area contributed by atoms with Crippen LogP contribution < -0.4 is 11.1 Å². The molecule has 0 saturated heterocycles. The van der Waals surface area contributed by atoms with Gasteiger partial charge in [0.2, 0.25) is 0 Å². The van der Waals surface area contributed by atoms with Gasteiger partial charge in [-0.25, -0.2) is 4.98 Å². The van der Waals surface area contributed by atoms with Gasteiger partial charge in [0.15, 0.2) is 0 Å². The summed E-state index contributed by atoms with van der Waals surface area (Å²) in [4.78, 5) is 4.19. The molecule has 1 aliphatic carbocycles. The van der Waals surface area contributed by atoms with Crippen LogP contribution in [0.25, 0.3) is 0 Å². The Bertz CT molecular complexity index is 316. The minimum atomic E-state index is 0.529. The van der Waals surface area contributed by atoms with E-state index in [2.05, 4.69) is 24.1 Å². The zero-order valence-electron chi connectivity index (χ0n) is 8.75. The van der Waals surface area contributed by atoms with Crippen LogP contribution in [0.1, 0.15) is 20.3 Å². The van der Waals surface area contributed by atoms with Crippen molar-refractivity contribution in [3.05, 3.63) is 18.3 Å². The molecule has 3 heteroatoms. The first kappa shape index (κ1) is 9.31. The van der Waals surface area contributed by atoms with Crippen LogP contribution in [0, 0.1) is 11.3 Å². The summed E-state index contributed by atoms with van der Waals surface area (Å²) < 4.78 is 0. The third kappa shape index (κ3) is 1.97. The van der Waals surface area contributed by atoms with Crippen molar-refractivity contribution >= 4 is 11.5 Å². The van der Waals surface area contributed by atoms with E-state index < -0.39 is 0 Å². The molecule has 0 radical (unpaired) electrons. The molecule has 0 bridgehead atoms. The largest absolute Gasteiger partial charge is 0.397 e. The zero-order valence-corrected chi connectivity index (χ0v) is 8.75. The topological polar surface area (TPSA) is 50.9 Å². The van der Waals surface area contributed by atoms with Gasteiger partial charge in [-0.3, -0.25) is 0 Å². The van der Waals surface area contributed by atoms with E-state index in [1.54, 1.807) is 6.20 Å². The van der Waals surface area contributed by atoms with Crippen molar-refractivity contribution in [2.75, 3.05) is 17.6 Å². The Balaban J connectivity index is 1.84. The van der Waals surface area contributed by atoms with Gasteiger partial charge in [0.1, 0.15) is 5.82 Å². The molecule has 1 aliphatic rings. The maximum atomic E-state index is 5.55. The zero-order chi connectivity index (χ0) is 10.2. The van der Waals surface area contributed by atoms with Crippen LogP contribution in [0.4, 0.5) is 11.5 Å². The first-order valence-electron chi connectivity index (χ1n) is 5.03. The van der Waals surface area contributed by atoms with E-state index in [4.69, 9.17) is 5.73 Å². The molecule has 1 aromatic rings. The Morgan fingerprint density at radius 3 is 2.79 bits per heavy atom. The number of hydrogen-bond donors (Lipinski definition) is 2. The summed E-state index contributed by atoms with van der Waals surface area (Å²) in [6.07, 6.45) is 3.00. The third-order valence-electron chi connectivity index (χ3n) is 3.03. The van der Waals surface area contributed by atoms with E-state index in [9.17, 15) is 0 Å². The first-order chi connectivity index (χ1) is 6.58. The molecule has 1 atom stereocenters. The lowest BCUT2D eigenvalue weighted by atomic mass is 10.1. The SMILES string of the molecule is CC1(C)CC1CNc1ccc(N)cn1. The van der Waals surface area contributed by atoms with Crippen LogP contribution in [0.3, 0.4) is 0 Å². The molecule has 76 valence electrons. The molecular weight excluding hydrogens is 174 g/mol. The van der Waals surface area contributed by atoms with Crippen LogP contribution in [-0.2, 0) is 0 Å². The maximum absolute atomic E-state index is 5.55. The molecule has 0 spiro atoms. The molecule has 0 aromatic carbocycles. The van der Waals surface area contributed by atoms with Gasteiger partial charge in [-0.15, -0.1) is 0 Å². The average Bonchev–Trinajstić information content (AvgIpc) is 2.73. The summed E-state index contributed by atoms with van der Waals surface area (Å²) in [5.41, 5.74) is 6.79. The van der Waals surface area contributed by atoms with Gasteiger partial charge in [-0.2, -0.15) is 0 Å². The molecule has 3 N–H and O–H groups in total. The fourth-order valence-electron chi connectivity index (χ4n) is 1.66. The molecule has 1 saturated carbocycles. The van der Waals surface area contributed by atoms with E-state index in [1.807, 2.05) is 12.1 Å². The summed E-state index contributed by atoms with van der Waals surface area (Å²) >= 11 is 0. The smallest absolute Gasteiger partial charge is 0.126 e. The third-order valence-corrected chi connectivity index (χ3v) is 3.03. The van der Waals surface area contributed by atoms with Crippen molar-refractivity contribution in [1.29, 1.82) is 0 Å². The number of nitrogen functional groups attached to an aromatic ring is 1. The Hall–Kier alpha value is -1.25. The molecule has 1 heterocycles. The predicted molar refractivity (Wildman–Crippen MR) is 59.0 cm³/mol. The van der Waals surface area contributed by atoms with Crippen molar-refractivity contribution < 1.29 is 0 Å². The Labute approximate surface area is 84.7 Å². The standard InChI is InChI=1S/C11H17N3/c1-11(2)5-8(11)6-13-10-4-3-9(12)7-14-10/h3-4,7-8H,5-6,12H2,1-2H3,(H,13,14). The summed E-state index contributed by atoms with van der Waals surface area (Å²) in [6.45, 7) is 5.62. The fourth-order valence-corrected chi connectivity index (χ4v) is 1.66. The highest BCUT2D eigenvalue weighted by Crippen LogP contribution is 2.51. The van der Waals surface area contributed by atoms with Gasteiger partial charge < -0.3 is 11.1 Å². The van der Waals surface area contributed by atoms with E-state index in [0.717, 1.165) is 18.3 Å². The molecule has 2 rings (SSSR count). The molecular formula is C11H17N3. The van der Waals surface area contributed by atoms with Gasteiger partial charge in [-0.1, -0.05) is 13.8 Å². The lowest BCUT2D eigenvalue weighted by Gasteiger charge is -2.06. The maximum Gasteiger partial charge on any atom is 0.126 e. The quantitative estimate of drug-likeness (QED) is 0.769. The van der Waals surface area contributed by atoms with Crippen molar-refractivity contribution in [3.63, 3.8) is 0 Å². The first-order valence-corrected chi connectivity index (χ1v) is 5.03. The number of anilines is 2. The Kier molecular flexibility index (Phi) is 2.10. The summed E-state index contributed by atoms with van der Waals surface area (Å²) in [6, 6.07) is 3.79. The summed E-state index contributed by atoms with van der Waals surface area (Å²) in [5, 5.41) is 3.32. The number of nitrogens with one attached hydrogen (secondary N) is 1. The van der Waals surface area contributed by atoms with Gasteiger partial charge in [-0.05, 0) is 29.9 Å². The number of nitrogens with two attached hydrogens (primary N) is 1. The van der Waals surface area contributed by atoms with Crippen molar-refractivity contribution in [1.82, 2.24) is 4.98 Å². The second-order valence-electron chi connectivity index (χ2n) is 4.75. The van der Waals surface area contributed by atoms with Crippen LogP contribution in [0.2, 0.25) is 0 Å². The molecule has 0 aliphatic heterocycles. The fraction of sp³-hybridized carbons (Fsp3) is 0.545. The molecule has 3 nitrogen and oxygen atoms in total. The van der Waals surface area contributed by atoms with Crippen LogP contribution in [0.5, 0.6) is 0 Å². The number of hydrogen-bond acceptors (Lipinski definition) is 3. The molecule has 0 amide bonds. The Morgan fingerprint density at radius 1 is 1.57 bits per heavy atom.